The Hall–Kier alpha value is -2.19. The van der Waals surface area contributed by atoms with E-state index in [-0.39, 0.29) is 6.10 Å². The minimum absolute atomic E-state index is 0.158. The van der Waals surface area contributed by atoms with Gasteiger partial charge in [0.05, 0.1) is 28.9 Å². The normalized spacial score (nSPS) is 23.0. The second kappa shape index (κ2) is 9.53. The molecule has 168 valence electrons. The molecule has 0 bridgehead atoms. The lowest BCUT2D eigenvalue weighted by molar-refractivity contribution is -0.0528. The fourth-order valence-corrected chi connectivity index (χ4v) is 4.93. The van der Waals surface area contributed by atoms with Crippen molar-refractivity contribution in [3.63, 3.8) is 0 Å². The Kier molecular flexibility index (Phi) is 6.77. The van der Waals surface area contributed by atoms with Crippen molar-refractivity contribution >= 4 is 15.7 Å². The summed E-state index contributed by atoms with van der Waals surface area (Å²) in [5.74, 6) is 1.68. The topological polar surface area (TPSA) is 81.6 Å². The van der Waals surface area contributed by atoms with E-state index in [9.17, 15) is 8.42 Å². The molecular formula is C23H31N3O4S. The van der Waals surface area contributed by atoms with Gasteiger partial charge in [0.1, 0.15) is 5.75 Å². The molecule has 2 fully saturated rings. The van der Waals surface area contributed by atoms with Gasteiger partial charge >= 0.3 is 0 Å². The van der Waals surface area contributed by atoms with E-state index in [2.05, 4.69) is 15.1 Å². The molecule has 1 saturated heterocycles. The van der Waals surface area contributed by atoms with Crippen molar-refractivity contribution < 1.29 is 17.9 Å². The zero-order valence-corrected chi connectivity index (χ0v) is 19.1. The monoisotopic (exact) mass is 445 g/mol. The number of hydrogen-bond donors (Lipinski definition) is 0. The number of aromatic nitrogens is 2. The van der Waals surface area contributed by atoms with Crippen LogP contribution in [0.5, 0.6) is 5.75 Å². The number of ether oxygens (including phenoxy) is 2. The first-order valence-electron chi connectivity index (χ1n) is 11.0. The molecular weight excluding hydrogens is 414 g/mol. The van der Waals surface area contributed by atoms with Gasteiger partial charge in [-0.25, -0.2) is 8.42 Å². The van der Waals surface area contributed by atoms with E-state index in [0.717, 1.165) is 68.9 Å². The van der Waals surface area contributed by atoms with Crippen molar-refractivity contribution in [1.29, 1.82) is 0 Å². The molecule has 0 N–H and O–H groups in total. The lowest BCUT2D eigenvalue weighted by atomic mass is 9.94. The summed E-state index contributed by atoms with van der Waals surface area (Å²) in [7, 11) is -3.18. The van der Waals surface area contributed by atoms with Gasteiger partial charge in [0, 0.05) is 19.3 Å². The Morgan fingerprint density at radius 1 is 0.839 bits per heavy atom. The molecule has 0 radical (unpaired) electrons. The lowest BCUT2D eigenvalue weighted by Crippen LogP contribution is -2.40. The van der Waals surface area contributed by atoms with Crippen LogP contribution in [-0.2, 0) is 14.6 Å². The van der Waals surface area contributed by atoms with E-state index in [1.807, 2.05) is 19.1 Å². The van der Waals surface area contributed by atoms with Gasteiger partial charge in [0.25, 0.3) is 0 Å². The standard InChI is InChI=1S/C23H31N3O4S/c1-17-3-12-23(25-24-17)26-15-13-21(14-16-26)30-19-6-4-18(5-7-19)29-20-8-10-22(11-9-20)31(2,27)28/h3,8-12,18-19,21H,4-7,13-16H2,1-2H3. The van der Waals surface area contributed by atoms with Gasteiger partial charge in [0.2, 0.25) is 0 Å². The predicted octanol–water partition coefficient (Wildman–Crippen LogP) is 3.56. The van der Waals surface area contributed by atoms with Crippen LogP contribution in [0.2, 0.25) is 0 Å². The van der Waals surface area contributed by atoms with Crippen molar-refractivity contribution in [3.05, 3.63) is 42.1 Å². The van der Waals surface area contributed by atoms with E-state index in [0.29, 0.717) is 17.1 Å². The minimum Gasteiger partial charge on any atom is -0.490 e. The SMILES string of the molecule is Cc1ccc(N2CCC(OC3CCC(Oc4ccc(S(C)(=O)=O)cc4)CC3)CC2)nn1. The summed E-state index contributed by atoms with van der Waals surface area (Å²) in [5, 5.41) is 8.45. The van der Waals surface area contributed by atoms with Gasteiger partial charge in [-0.3, -0.25) is 0 Å². The molecule has 0 unspecified atom stereocenters. The summed E-state index contributed by atoms with van der Waals surface area (Å²) in [6.07, 6.45) is 7.90. The van der Waals surface area contributed by atoms with Crippen LogP contribution in [0.3, 0.4) is 0 Å². The van der Waals surface area contributed by atoms with Crippen LogP contribution in [0.15, 0.2) is 41.3 Å². The number of benzene rings is 1. The molecule has 0 amide bonds. The van der Waals surface area contributed by atoms with Crippen molar-refractivity contribution in [2.75, 3.05) is 24.2 Å². The molecule has 31 heavy (non-hydrogen) atoms. The number of rotatable bonds is 6. The lowest BCUT2D eigenvalue weighted by Gasteiger charge is -2.36. The molecule has 7 nitrogen and oxygen atoms in total. The van der Waals surface area contributed by atoms with Gasteiger partial charge < -0.3 is 14.4 Å². The van der Waals surface area contributed by atoms with E-state index >= 15 is 0 Å². The number of anilines is 1. The van der Waals surface area contributed by atoms with Crippen LogP contribution in [0, 0.1) is 6.92 Å². The quantitative estimate of drug-likeness (QED) is 0.672. The summed E-state index contributed by atoms with van der Waals surface area (Å²) in [6.45, 7) is 3.85. The van der Waals surface area contributed by atoms with Gasteiger partial charge in [-0.1, -0.05) is 0 Å². The number of hydrogen-bond acceptors (Lipinski definition) is 7. The zero-order chi connectivity index (χ0) is 21.8. The third-order valence-electron chi connectivity index (χ3n) is 6.11. The second-order valence-electron chi connectivity index (χ2n) is 8.62. The van der Waals surface area contributed by atoms with Gasteiger partial charge in [-0.2, -0.15) is 5.10 Å². The zero-order valence-electron chi connectivity index (χ0n) is 18.2. The first-order valence-corrected chi connectivity index (χ1v) is 12.9. The van der Waals surface area contributed by atoms with Crippen LogP contribution in [0.4, 0.5) is 5.82 Å². The molecule has 2 aromatic rings. The Morgan fingerprint density at radius 2 is 1.45 bits per heavy atom. The summed E-state index contributed by atoms with van der Waals surface area (Å²) in [4.78, 5) is 2.60. The van der Waals surface area contributed by atoms with E-state index in [4.69, 9.17) is 9.47 Å². The number of nitrogens with zero attached hydrogens (tertiary/aromatic N) is 3. The van der Waals surface area contributed by atoms with E-state index in [1.54, 1.807) is 24.3 Å². The first-order chi connectivity index (χ1) is 14.9. The highest BCUT2D eigenvalue weighted by molar-refractivity contribution is 7.90. The van der Waals surface area contributed by atoms with Crippen molar-refractivity contribution in [1.82, 2.24) is 10.2 Å². The summed E-state index contributed by atoms with van der Waals surface area (Å²) < 4.78 is 35.6. The van der Waals surface area contributed by atoms with Gasteiger partial charge in [-0.05, 0) is 81.8 Å². The Bertz CT molecular complexity index is 947. The second-order valence-corrected chi connectivity index (χ2v) is 10.6. The molecule has 2 aliphatic rings. The van der Waals surface area contributed by atoms with E-state index in [1.165, 1.54) is 6.26 Å². The Balaban J connectivity index is 1.19. The molecule has 0 spiro atoms. The van der Waals surface area contributed by atoms with Crippen molar-refractivity contribution in [2.45, 2.75) is 68.7 Å². The fourth-order valence-electron chi connectivity index (χ4n) is 4.30. The van der Waals surface area contributed by atoms with Gasteiger partial charge in [-0.15, -0.1) is 5.10 Å². The number of aryl methyl sites for hydroxylation is 1. The maximum atomic E-state index is 11.6. The van der Waals surface area contributed by atoms with Crippen LogP contribution in [0.25, 0.3) is 0 Å². The molecule has 1 aliphatic carbocycles. The maximum Gasteiger partial charge on any atom is 0.175 e. The first kappa shape index (κ1) is 22.0. The molecule has 1 saturated carbocycles. The maximum absolute atomic E-state index is 11.6. The van der Waals surface area contributed by atoms with Crippen molar-refractivity contribution in [3.8, 4) is 5.75 Å². The van der Waals surface area contributed by atoms with Gasteiger partial charge in [0.15, 0.2) is 15.7 Å². The van der Waals surface area contributed by atoms with Crippen LogP contribution in [-0.4, -0.2) is 56.3 Å². The molecule has 1 aromatic carbocycles. The molecule has 2 heterocycles. The highest BCUT2D eigenvalue weighted by atomic mass is 32.2. The summed E-state index contributed by atoms with van der Waals surface area (Å²) >= 11 is 0. The minimum atomic E-state index is -3.18. The van der Waals surface area contributed by atoms with Crippen LogP contribution < -0.4 is 9.64 Å². The number of piperidine rings is 1. The summed E-state index contributed by atoms with van der Waals surface area (Å²) in [5.41, 5.74) is 0.937. The molecule has 8 heteroatoms. The highest BCUT2D eigenvalue weighted by Crippen LogP contribution is 2.29. The molecule has 1 aliphatic heterocycles. The predicted molar refractivity (Wildman–Crippen MR) is 119 cm³/mol. The van der Waals surface area contributed by atoms with Crippen molar-refractivity contribution in [2.24, 2.45) is 0 Å². The van der Waals surface area contributed by atoms with E-state index < -0.39 is 9.84 Å². The fraction of sp³-hybridized carbons (Fsp3) is 0.565. The molecule has 1 aromatic heterocycles. The highest BCUT2D eigenvalue weighted by Gasteiger charge is 2.28. The van der Waals surface area contributed by atoms with Crippen LogP contribution >= 0.6 is 0 Å². The summed E-state index contributed by atoms with van der Waals surface area (Å²) in [6, 6.07) is 10.7. The largest absolute Gasteiger partial charge is 0.490 e. The molecule has 0 atom stereocenters. The van der Waals surface area contributed by atoms with Crippen LogP contribution in [0.1, 0.15) is 44.2 Å². The smallest absolute Gasteiger partial charge is 0.175 e. The third kappa shape index (κ3) is 5.95. The number of sulfone groups is 1. The average molecular weight is 446 g/mol. The Labute approximate surface area is 184 Å². The Morgan fingerprint density at radius 3 is 2.03 bits per heavy atom. The third-order valence-corrected chi connectivity index (χ3v) is 7.24. The average Bonchev–Trinajstić information content (AvgIpc) is 2.76. The molecule has 4 rings (SSSR count).